The number of oxime groups is 1. The van der Waals surface area contributed by atoms with Crippen LogP contribution in [0, 0.1) is 0 Å². The molecular formula is C18H18N2O6. The zero-order valence-electron chi connectivity index (χ0n) is 13.9. The van der Waals surface area contributed by atoms with Gasteiger partial charge >= 0.3 is 5.97 Å². The number of nitrogens with one attached hydrogen (secondary N) is 1. The SMILES string of the molecule is O=C(O)C(=NOC1(C(=O)NOc2ccccc2)CCCC1)c1ccco1. The summed E-state index contributed by atoms with van der Waals surface area (Å²) in [6.45, 7) is 0. The molecule has 2 aromatic rings. The number of hydrogen-bond donors (Lipinski definition) is 2. The number of furan rings is 1. The number of rotatable bonds is 7. The van der Waals surface area contributed by atoms with Crippen molar-refractivity contribution >= 4 is 17.6 Å². The Bertz CT molecular complexity index is 779. The molecule has 0 atom stereocenters. The van der Waals surface area contributed by atoms with Crippen molar-refractivity contribution in [3.8, 4) is 5.75 Å². The van der Waals surface area contributed by atoms with Crippen LogP contribution in [0.2, 0.25) is 0 Å². The van der Waals surface area contributed by atoms with Gasteiger partial charge in [0, 0.05) is 0 Å². The number of carbonyl (C=O) groups is 2. The van der Waals surface area contributed by atoms with Crippen molar-refractivity contribution in [2.24, 2.45) is 5.16 Å². The predicted molar refractivity (Wildman–Crippen MR) is 90.4 cm³/mol. The molecule has 0 radical (unpaired) electrons. The number of nitrogens with zero attached hydrogens (tertiary/aromatic N) is 1. The Kier molecular flexibility index (Phi) is 5.21. The van der Waals surface area contributed by atoms with E-state index in [1.165, 1.54) is 12.3 Å². The maximum Gasteiger partial charge on any atom is 0.361 e. The Balaban J connectivity index is 1.73. The van der Waals surface area contributed by atoms with E-state index in [0.717, 1.165) is 12.8 Å². The smallest absolute Gasteiger partial charge is 0.361 e. The van der Waals surface area contributed by atoms with Gasteiger partial charge in [-0.3, -0.25) is 4.79 Å². The van der Waals surface area contributed by atoms with Gasteiger partial charge < -0.3 is 19.2 Å². The molecule has 8 nitrogen and oxygen atoms in total. The number of hydrogen-bond acceptors (Lipinski definition) is 6. The second-order valence-electron chi connectivity index (χ2n) is 5.86. The number of carboxylic acid groups (broad SMARTS) is 1. The van der Waals surface area contributed by atoms with E-state index in [2.05, 4.69) is 10.6 Å². The Hall–Kier alpha value is -3.29. The first kappa shape index (κ1) is 17.5. The molecule has 1 aromatic heterocycles. The van der Waals surface area contributed by atoms with Gasteiger partial charge in [0.25, 0.3) is 5.91 Å². The molecule has 1 heterocycles. The molecule has 0 aliphatic heterocycles. The second kappa shape index (κ2) is 7.73. The van der Waals surface area contributed by atoms with Gasteiger partial charge in [-0.2, -0.15) is 5.48 Å². The van der Waals surface area contributed by atoms with Crippen molar-refractivity contribution in [3.05, 3.63) is 54.5 Å². The van der Waals surface area contributed by atoms with Crippen LogP contribution >= 0.6 is 0 Å². The summed E-state index contributed by atoms with van der Waals surface area (Å²) in [5, 5.41) is 13.0. The molecule has 8 heteroatoms. The number of amides is 1. The Labute approximate surface area is 149 Å². The fourth-order valence-electron chi connectivity index (χ4n) is 2.73. The topological polar surface area (TPSA) is 110 Å². The summed E-state index contributed by atoms with van der Waals surface area (Å²) >= 11 is 0. The van der Waals surface area contributed by atoms with Gasteiger partial charge in [0.1, 0.15) is 0 Å². The van der Waals surface area contributed by atoms with Crippen LogP contribution in [0.15, 0.2) is 58.3 Å². The van der Waals surface area contributed by atoms with E-state index in [0.29, 0.717) is 18.6 Å². The minimum Gasteiger partial charge on any atom is -0.476 e. The molecule has 0 bridgehead atoms. The van der Waals surface area contributed by atoms with Crippen LogP contribution in [-0.2, 0) is 14.4 Å². The van der Waals surface area contributed by atoms with Crippen LogP contribution in [0.3, 0.4) is 0 Å². The molecule has 1 fully saturated rings. The van der Waals surface area contributed by atoms with Crippen molar-refractivity contribution in [2.75, 3.05) is 0 Å². The van der Waals surface area contributed by atoms with Crippen LogP contribution in [0.4, 0.5) is 0 Å². The van der Waals surface area contributed by atoms with Crippen molar-refractivity contribution in [1.82, 2.24) is 5.48 Å². The molecule has 1 aliphatic rings. The van der Waals surface area contributed by atoms with Crippen molar-refractivity contribution in [1.29, 1.82) is 0 Å². The molecule has 0 unspecified atom stereocenters. The van der Waals surface area contributed by atoms with E-state index in [1.807, 2.05) is 6.07 Å². The Morgan fingerprint density at radius 2 is 1.85 bits per heavy atom. The van der Waals surface area contributed by atoms with E-state index < -0.39 is 23.2 Å². The third kappa shape index (κ3) is 3.85. The quantitative estimate of drug-likeness (QED) is 0.581. The molecule has 2 N–H and O–H groups in total. The summed E-state index contributed by atoms with van der Waals surface area (Å²) in [6, 6.07) is 11.8. The number of hydroxylamine groups is 1. The molecule has 1 aliphatic carbocycles. The summed E-state index contributed by atoms with van der Waals surface area (Å²) in [6.07, 6.45) is 3.67. The lowest BCUT2D eigenvalue weighted by atomic mass is 10.0. The molecule has 0 spiro atoms. The molecule has 1 saturated carbocycles. The molecule has 136 valence electrons. The van der Waals surface area contributed by atoms with Gasteiger partial charge in [-0.1, -0.05) is 23.4 Å². The molecular weight excluding hydrogens is 340 g/mol. The van der Waals surface area contributed by atoms with Gasteiger partial charge in [0.15, 0.2) is 11.5 Å². The molecule has 1 amide bonds. The summed E-state index contributed by atoms with van der Waals surface area (Å²) < 4.78 is 5.05. The van der Waals surface area contributed by atoms with Crippen LogP contribution in [-0.4, -0.2) is 28.3 Å². The average Bonchev–Trinajstić information content (AvgIpc) is 3.33. The minimum atomic E-state index is -1.31. The van der Waals surface area contributed by atoms with Crippen molar-refractivity contribution in [2.45, 2.75) is 31.3 Å². The summed E-state index contributed by atoms with van der Waals surface area (Å²) in [5.41, 5.74) is 0.685. The van der Waals surface area contributed by atoms with Crippen molar-refractivity contribution < 1.29 is 28.8 Å². The molecule has 26 heavy (non-hydrogen) atoms. The Morgan fingerprint density at radius 3 is 2.46 bits per heavy atom. The van der Waals surface area contributed by atoms with E-state index in [9.17, 15) is 14.7 Å². The van der Waals surface area contributed by atoms with E-state index in [1.54, 1.807) is 30.3 Å². The van der Waals surface area contributed by atoms with E-state index in [-0.39, 0.29) is 5.76 Å². The van der Waals surface area contributed by atoms with Crippen LogP contribution in [0.25, 0.3) is 0 Å². The molecule has 0 saturated heterocycles. The monoisotopic (exact) mass is 358 g/mol. The third-order valence-electron chi connectivity index (χ3n) is 4.10. The predicted octanol–water partition coefficient (Wildman–Crippen LogP) is 2.51. The third-order valence-corrected chi connectivity index (χ3v) is 4.10. The Morgan fingerprint density at radius 1 is 1.12 bits per heavy atom. The number of carboxylic acids is 1. The first-order chi connectivity index (χ1) is 12.6. The highest BCUT2D eigenvalue weighted by molar-refractivity contribution is 6.41. The second-order valence-corrected chi connectivity index (χ2v) is 5.86. The van der Waals surface area contributed by atoms with Gasteiger partial charge in [0.2, 0.25) is 11.3 Å². The minimum absolute atomic E-state index is 0.0478. The van der Waals surface area contributed by atoms with E-state index >= 15 is 0 Å². The standard InChI is InChI=1S/C18H18N2O6/c21-16(22)15(14-9-6-12-24-14)19-26-18(10-4-5-11-18)17(23)20-25-13-7-2-1-3-8-13/h1-3,6-9,12H,4-5,10-11H2,(H,20,23)(H,21,22). The number of benzene rings is 1. The fourth-order valence-corrected chi connectivity index (χ4v) is 2.73. The van der Waals surface area contributed by atoms with Gasteiger partial charge in [0.05, 0.1) is 6.26 Å². The normalized spacial score (nSPS) is 16.1. The first-order valence-corrected chi connectivity index (χ1v) is 8.16. The van der Waals surface area contributed by atoms with Gasteiger partial charge in [-0.25, -0.2) is 4.79 Å². The van der Waals surface area contributed by atoms with Gasteiger partial charge in [-0.05, 0) is 49.9 Å². The fraction of sp³-hybridized carbons (Fsp3) is 0.278. The maximum absolute atomic E-state index is 12.6. The zero-order chi connectivity index (χ0) is 18.4. The van der Waals surface area contributed by atoms with Crippen LogP contribution < -0.4 is 10.3 Å². The maximum atomic E-state index is 12.6. The highest BCUT2D eigenvalue weighted by Gasteiger charge is 2.45. The average molecular weight is 358 g/mol. The van der Waals surface area contributed by atoms with Crippen molar-refractivity contribution in [3.63, 3.8) is 0 Å². The largest absolute Gasteiger partial charge is 0.476 e. The number of para-hydroxylation sites is 1. The first-order valence-electron chi connectivity index (χ1n) is 8.16. The summed E-state index contributed by atoms with van der Waals surface area (Å²) in [5.74, 6) is -1.30. The highest BCUT2D eigenvalue weighted by atomic mass is 16.7. The summed E-state index contributed by atoms with van der Waals surface area (Å²) in [4.78, 5) is 34.7. The van der Waals surface area contributed by atoms with Gasteiger partial charge in [-0.15, -0.1) is 0 Å². The number of aliphatic carboxylic acids is 1. The molecule has 1 aromatic carbocycles. The lowest BCUT2D eigenvalue weighted by molar-refractivity contribution is -0.154. The van der Waals surface area contributed by atoms with E-state index in [4.69, 9.17) is 14.1 Å². The van der Waals surface area contributed by atoms with Crippen LogP contribution in [0.5, 0.6) is 5.75 Å². The lowest BCUT2D eigenvalue weighted by Crippen LogP contribution is -2.47. The molecule has 3 rings (SSSR count). The zero-order valence-corrected chi connectivity index (χ0v) is 13.9. The number of carbonyl (C=O) groups excluding carboxylic acids is 1. The highest BCUT2D eigenvalue weighted by Crippen LogP contribution is 2.34. The lowest BCUT2D eigenvalue weighted by Gasteiger charge is -2.24. The summed E-state index contributed by atoms with van der Waals surface area (Å²) in [7, 11) is 0. The van der Waals surface area contributed by atoms with Crippen LogP contribution in [0.1, 0.15) is 31.4 Å².